The fourth-order valence-corrected chi connectivity index (χ4v) is 3.33. The molecule has 19 heavy (non-hydrogen) atoms. The molecule has 2 aromatic rings. The molecule has 1 aromatic carbocycles. The number of nitrogens with one attached hydrogen (secondary N) is 1. The highest BCUT2D eigenvalue weighted by molar-refractivity contribution is 9.10. The summed E-state index contributed by atoms with van der Waals surface area (Å²) in [5.41, 5.74) is 2.37. The van der Waals surface area contributed by atoms with Gasteiger partial charge in [-0.1, -0.05) is 27.5 Å². The van der Waals surface area contributed by atoms with Crippen LogP contribution >= 0.6 is 38.9 Å². The largest absolute Gasteiger partial charge is 0.271 e. The Hall–Kier alpha value is -0.530. The molecule has 0 spiro atoms. The van der Waals surface area contributed by atoms with Crippen molar-refractivity contribution < 1.29 is 8.78 Å². The van der Waals surface area contributed by atoms with Gasteiger partial charge in [0.25, 0.3) is 0 Å². The van der Waals surface area contributed by atoms with E-state index in [2.05, 4.69) is 21.4 Å². The quantitative estimate of drug-likeness (QED) is 0.628. The average Bonchev–Trinajstić information content (AvgIpc) is 2.72. The number of halogens is 4. The number of hydrogen-bond acceptors (Lipinski definition) is 3. The second-order valence-electron chi connectivity index (χ2n) is 3.91. The molecule has 1 unspecified atom stereocenters. The smallest absolute Gasteiger partial charge is 0.132 e. The van der Waals surface area contributed by atoms with Gasteiger partial charge < -0.3 is 0 Å². The van der Waals surface area contributed by atoms with E-state index in [-0.39, 0.29) is 5.56 Å². The van der Waals surface area contributed by atoms with Crippen LogP contribution in [0.5, 0.6) is 0 Å². The van der Waals surface area contributed by atoms with Crippen LogP contribution in [0.2, 0.25) is 4.34 Å². The van der Waals surface area contributed by atoms with Gasteiger partial charge in [-0.05, 0) is 24.3 Å². The Morgan fingerprint density at radius 3 is 2.42 bits per heavy atom. The minimum Gasteiger partial charge on any atom is -0.271 e. The first kappa shape index (κ1) is 14.9. The molecule has 0 amide bonds. The Balaban J connectivity index is 2.32. The molecule has 1 aromatic heterocycles. The second kappa shape index (κ2) is 6.28. The van der Waals surface area contributed by atoms with Crippen LogP contribution in [0.15, 0.2) is 28.7 Å². The number of benzene rings is 1. The van der Waals surface area contributed by atoms with Crippen LogP contribution in [0.1, 0.15) is 16.5 Å². The maximum Gasteiger partial charge on any atom is 0.132 e. The van der Waals surface area contributed by atoms with Gasteiger partial charge in [-0.15, -0.1) is 11.3 Å². The molecular weight excluding hydrogens is 358 g/mol. The predicted molar refractivity (Wildman–Crippen MR) is 77.2 cm³/mol. The molecule has 3 N–H and O–H groups in total. The van der Waals surface area contributed by atoms with Crippen LogP contribution in [0.25, 0.3) is 0 Å². The lowest BCUT2D eigenvalue weighted by Crippen LogP contribution is -2.30. The van der Waals surface area contributed by atoms with Gasteiger partial charge in [-0.3, -0.25) is 11.3 Å². The van der Waals surface area contributed by atoms with Crippen molar-refractivity contribution in [1.82, 2.24) is 5.43 Å². The zero-order chi connectivity index (χ0) is 14.0. The van der Waals surface area contributed by atoms with Gasteiger partial charge in [0.05, 0.1) is 10.4 Å². The molecule has 0 saturated carbocycles. The lowest BCUT2D eigenvalue weighted by molar-refractivity contribution is 0.474. The summed E-state index contributed by atoms with van der Waals surface area (Å²) in [6.07, 6.45) is 0.364. The van der Waals surface area contributed by atoms with Crippen molar-refractivity contribution >= 4 is 38.9 Å². The molecule has 0 aliphatic heterocycles. The summed E-state index contributed by atoms with van der Waals surface area (Å²) in [4.78, 5) is 0.898. The Morgan fingerprint density at radius 1 is 1.32 bits per heavy atom. The normalized spacial score (nSPS) is 12.7. The first-order valence-corrected chi connectivity index (χ1v) is 7.34. The molecule has 1 atom stereocenters. The lowest BCUT2D eigenvalue weighted by Gasteiger charge is -2.17. The third-order valence-corrected chi connectivity index (χ3v) is 4.34. The molecule has 102 valence electrons. The van der Waals surface area contributed by atoms with E-state index < -0.39 is 17.7 Å². The van der Waals surface area contributed by atoms with E-state index in [1.54, 1.807) is 6.07 Å². The van der Waals surface area contributed by atoms with Crippen LogP contribution in [-0.2, 0) is 6.42 Å². The van der Waals surface area contributed by atoms with Crippen molar-refractivity contribution in [2.45, 2.75) is 12.5 Å². The topological polar surface area (TPSA) is 38.0 Å². The predicted octanol–water partition coefficient (Wildman–Crippen LogP) is 4.19. The van der Waals surface area contributed by atoms with Gasteiger partial charge >= 0.3 is 0 Å². The average molecular weight is 368 g/mol. The third-order valence-electron chi connectivity index (χ3n) is 2.63. The van der Waals surface area contributed by atoms with Gasteiger partial charge in [0.2, 0.25) is 0 Å². The monoisotopic (exact) mass is 366 g/mol. The molecule has 0 aliphatic rings. The maximum atomic E-state index is 13.9. The highest BCUT2D eigenvalue weighted by atomic mass is 79.9. The fraction of sp³-hybridized carbons (Fsp3) is 0.167. The van der Waals surface area contributed by atoms with Crippen molar-refractivity contribution in [3.05, 3.63) is 55.1 Å². The Morgan fingerprint density at radius 2 is 1.95 bits per heavy atom. The molecular formula is C12H10BrClF2N2S. The molecule has 0 aliphatic carbocycles. The van der Waals surface area contributed by atoms with E-state index >= 15 is 0 Å². The first-order chi connectivity index (χ1) is 9.01. The minimum atomic E-state index is -0.650. The molecule has 1 heterocycles. The fourth-order valence-electron chi connectivity index (χ4n) is 1.79. The van der Waals surface area contributed by atoms with E-state index in [9.17, 15) is 8.78 Å². The summed E-state index contributed by atoms with van der Waals surface area (Å²) in [5.74, 6) is 4.13. The van der Waals surface area contributed by atoms with Crippen LogP contribution < -0.4 is 11.3 Å². The Labute approximate surface area is 126 Å². The van der Waals surface area contributed by atoms with Crippen LogP contribution in [-0.4, -0.2) is 0 Å². The van der Waals surface area contributed by atoms with E-state index in [4.69, 9.17) is 17.4 Å². The van der Waals surface area contributed by atoms with Crippen LogP contribution in [0, 0.1) is 11.6 Å². The third kappa shape index (κ3) is 3.52. The van der Waals surface area contributed by atoms with Gasteiger partial charge in [-0.2, -0.15) is 0 Å². The van der Waals surface area contributed by atoms with Crippen LogP contribution in [0.3, 0.4) is 0 Å². The maximum absolute atomic E-state index is 13.9. The Bertz CT molecular complexity index is 568. The number of hydrogen-bond donors (Lipinski definition) is 2. The standard InChI is InChI=1S/C12H10BrClF2N2S/c13-6-3-8(15)12(9(16)4-6)10(18-17)5-7-1-2-11(14)19-7/h1-4,10,18H,5,17H2. The molecule has 0 saturated heterocycles. The summed E-state index contributed by atoms with van der Waals surface area (Å²) in [6, 6.07) is 5.33. The molecule has 7 heteroatoms. The summed E-state index contributed by atoms with van der Waals surface area (Å²) in [7, 11) is 0. The summed E-state index contributed by atoms with van der Waals surface area (Å²) >= 11 is 10.2. The number of thiophene rings is 1. The molecule has 2 rings (SSSR count). The van der Waals surface area contributed by atoms with Gasteiger partial charge in [0, 0.05) is 21.3 Å². The summed E-state index contributed by atoms with van der Waals surface area (Å²) in [6.45, 7) is 0. The zero-order valence-corrected chi connectivity index (χ0v) is 12.7. The minimum absolute atomic E-state index is 0.0739. The second-order valence-corrected chi connectivity index (χ2v) is 6.63. The van der Waals surface area contributed by atoms with Gasteiger partial charge in [0.1, 0.15) is 11.6 Å². The van der Waals surface area contributed by atoms with Crippen molar-refractivity contribution in [3.63, 3.8) is 0 Å². The molecule has 2 nitrogen and oxygen atoms in total. The summed E-state index contributed by atoms with van der Waals surface area (Å²) in [5, 5.41) is 0. The van der Waals surface area contributed by atoms with E-state index in [1.807, 2.05) is 6.07 Å². The highest BCUT2D eigenvalue weighted by Gasteiger charge is 2.21. The number of hydrazine groups is 1. The first-order valence-electron chi connectivity index (χ1n) is 5.36. The zero-order valence-electron chi connectivity index (χ0n) is 9.59. The van der Waals surface area contributed by atoms with E-state index in [0.29, 0.717) is 15.2 Å². The summed E-state index contributed by atoms with van der Waals surface area (Å²) < 4.78 is 28.7. The van der Waals surface area contributed by atoms with Crippen molar-refractivity contribution in [1.29, 1.82) is 0 Å². The highest BCUT2D eigenvalue weighted by Crippen LogP contribution is 2.30. The van der Waals surface area contributed by atoms with E-state index in [1.165, 1.54) is 23.5 Å². The SMILES string of the molecule is NNC(Cc1ccc(Cl)s1)c1c(F)cc(Br)cc1F. The van der Waals surface area contributed by atoms with E-state index in [0.717, 1.165) is 4.88 Å². The van der Waals surface area contributed by atoms with Crippen molar-refractivity contribution in [2.75, 3.05) is 0 Å². The van der Waals surface area contributed by atoms with Crippen molar-refractivity contribution in [3.8, 4) is 0 Å². The Kier molecular flexibility index (Phi) is 4.92. The molecule has 0 bridgehead atoms. The van der Waals surface area contributed by atoms with Crippen LogP contribution in [0.4, 0.5) is 8.78 Å². The number of rotatable bonds is 4. The van der Waals surface area contributed by atoms with Gasteiger partial charge in [-0.25, -0.2) is 8.78 Å². The molecule has 0 fully saturated rings. The molecule has 0 radical (unpaired) electrons. The number of nitrogens with two attached hydrogens (primary N) is 1. The van der Waals surface area contributed by atoms with Crippen molar-refractivity contribution in [2.24, 2.45) is 5.84 Å². The lowest BCUT2D eigenvalue weighted by atomic mass is 10.0. The van der Waals surface area contributed by atoms with Gasteiger partial charge in [0.15, 0.2) is 0 Å².